The lowest BCUT2D eigenvalue weighted by molar-refractivity contribution is 0.445. The first-order valence-corrected chi connectivity index (χ1v) is 3.39. The van der Waals surface area contributed by atoms with Crippen LogP contribution in [0.1, 0.15) is 5.56 Å². The highest BCUT2D eigenvalue weighted by Gasteiger charge is 2.08. The average Bonchev–Trinajstić information content (AvgIpc) is 2.01. The molecule has 12 heavy (non-hydrogen) atoms. The molecule has 0 fully saturated rings. The van der Waals surface area contributed by atoms with Crippen molar-refractivity contribution < 1.29 is 13.2 Å². The lowest BCUT2D eigenvalue weighted by Gasteiger charge is -1.99. The Hall–Kier alpha value is -1.25. The van der Waals surface area contributed by atoms with Crippen LogP contribution in [0, 0.1) is 17.5 Å². The SMILES string of the molecule is C=CCc1cc(F)c(F)c(F)c1. The normalized spacial score (nSPS) is 9.92. The third kappa shape index (κ3) is 1.67. The fourth-order valence-corrected chi connectivity index (χ4v) is 0.893. The molecule has 0 aliphatic carbocycles. The fraction of sp³-hybridized carbons (Fsp3) is 0.111. The second-order valence-corrected chi connectivity index (χ2v) is 2.37. The highest BCUT2D eigenvalue weighted by Crippen LogP contribution is 2.13. The van der Waals surface area contributed by atoms with Crippen molar-refractivity contribution >= 4 is 0 Å². The van der Waals surface area contributed by atoms with Crippen LogP contribution in [0.5, 0.6) is 0 Å². The molecule has 0 spiro atoms. The first kappa shape index (κ1) is 8.84. The highest BCUT2D eigenvalue weighted by molar-refractivity contribution is 5.21. The van der Waals surface area contributed by atoms with E-state index >= 15 is 0 Å². The molecule has 0 bridgehead atoms. The molecule has 0 aromatic heterocycles. The van der Waals surface area contributed by atoms with Gasteiger partial charge >= 0.3 is 0 Å². The molecule has 0 heterocycles. The van der Waals surface area contributed by atoms with Crippen LogP contribution in [0.2, 0.25) is 0 Å². The molecule has 0 aliphatic rings. The molecule has 0 N–H and O–H groups in total. The van der Waals surface area contributed by atoms with Gasteiger partial charge in [-0.15, -0.1) is 6.58 Å². The summed E-state index contributed by atoms with van der Waals surface area (Å²) in [6.45, 7) is 3.40. The zero-order chi connectivity index (χ0) is 9.14. The zero-order valence-corrected chi connectivity index (χ0v) is 6.28. The minimum absolute atomic E-state index is 0.327. The molecule has 0 saturated heterocycles. The molecule has 3 heteroatoms. The lowest BCUT2D eigenvalue weighted by atomic mass is 10.1. The molecule has 0 aliphatic heterocycles. The van der Waals surface area contributed by atoms with Gasteiger partial charge in [0.2, 0.25) is 0 Å². The maximum atomic E-state index is 12.5. The second-order valence-electron chi connectivity index (χ2n) is 2.37. The van der Waals surface area contributed by atoms with Crippen LogP contribution < -0.4 is 0 Å². The molecule has 64 valence electrons. The maximum Gasteiger partial charge on any atom is 0.194 e. The van der Waals surface area contributed by atoms with Crippen molar-refractivity contribution in [3.63, 3.8) is 0 Å². The standard InChI is InChI=1S/C9H7F3/c1-2-3-6-4-7(10)9(12)8(11)5-6/h2,4-5H,1,3H2. The molecule has 1 aromatic rings. The number of halogens is 3. The van der Waals surface area contributed by atoms with E-state index < -0.39 is 17.5 Å². The summed E-state index contributed by atoms with van der Waals surface area (Å²) in [6, 6.07) is 1.92. The first-order chi connectivity index (χ1) is 5.65. The monoisotopic (exact) mass is 172 g/mol. The van der Waals surface area contributed by atoms with Gasteiger partial charge in [0.15, 0.2) is 17.5 Å². The Morgan fingerprint density at radius 3 is 2.08 bits per heavy atom. The van der Waals surface area contributed by atoms with E-state index in [2.05, 4.69) is 6.58 Å². The van der Waals surface area contributed by atoms with Gasteiger partial charge in [-0.05, 0) is 24.1 Å². The number of hydrogen-bond donors (Lipinski definition) is 0. The van der Waals surface area contributed by atoms with E-state index in [1.807, 2.05) is 0 Å². The Labute approximate surface area is 68.3 Å². The van der Waals surface area contributed by atoms with Gasteiger partial charge in [0, 0.05) is 0 Å². The van der Waals surface area contributed by atoms with Gasteiger partial charge in [0.05, 0.1) is 0 Å². The van der Waals surface area contributed by atoms with Crippen LogP contribution in [-0.4, -0.2) is 0 Å². The average molecular weight is 172 g/mol. The van der Waals surface area contributed by atoms with E-state index in [1.165, 1.54) is 6.08 Å². The number of hydrogen-bond acceptors (Lipinski definition) is 0. The first-order valence-electron chi connectivity index (χ1n) is 3.39. The highest BCUT2D eigenvalue weighted by atomic mass is 19.2. The molecule has 0 radical (unpaired) electrons. The predicted molar refractivity (Wildman–Crippen MR) is 40.2 cm³/mol. The third-order valence-corrected chi connectivity index (χ3v) is 1.42. The van der Waals surface area contributed by atoms with Crippen molar-refractivity contribution in [3.05, 3.63) is 47.8 Å². The number of rotatable bonds is 2. The Bertz CT molecular complexity index is 282. The lowest BCUT2D eigenvalue weighted by Crippen LogP contribution is -1.93. The molecule has 1 rings (SSSR count). The van der Waals surface area contributed by atoms with Crippen molar-refractivity contribution in [2.75, 3.05) is 0 Å². The van der Waals surface area contributed by atoms with Crippen LogP contribution in [-0.2, 0) is 6.42 Å². The summed E-state index contributed by atoms with van der Waals surface area (Å²) in [7, 11) is 0. The topological polar surface area (TPSA) is 0 Å². The number of allylic oxidation sites excluding steroid dienone is 1. The van der Waals surface area contributed by atoms with E-state index in [0.717, 1.165) is 12.1 Å². The Morgan fingerprint density at radius 1 is 1.17 bits per heavy atom. The van der Waals surface area contributed by atoms with Gasteiger partial charge in [-0.25, -0.2) is 13.2 Å². The van der Waals surface area contributed by atoms with Crippen LogP contribution in [0.4, 0.5) is 13.2 Å². The summed E-state index contributed by atoms with van der Waals surface area (Å²) in [6.07, 6.45) is 1.82. The van der Waals surface area contributed by atoms with Gasteiger partial charge in [-0.1, -0.05) is 6.08 Å². The van der Waals surface area contributed by atoms with Gasteiger partial charge in [-0.2, -0.15) is 0 Å². The molecule has 0 nitrogen and oxygen atoms in total. The van der Waals surface area contributed by atoms with Gasteiger partial charge in [0.25, 0.3) is 0 Å². The summed E-state index contributed by atoms with van der Waals surface area (Å²) < 4.78 is 37.4. The van der Waals surface area contributed by atoms with E-state index in [-0.39, 0.29) is 0 Å². The summed E-state index contributed by atoms with van der Waals surface area (Å²) in [5.74, 6) is -3.75. The maximum absolute atomic E-state index is 12.5. The zero-order valence-electron chi connectivity index (χ0n) is 6.28. The fourth-order valence-electron chi connectivity index (χ4n) is 0.893. The quantitative estimate of drug-likeness (QED) is 0.475. The second kappa shape index (κ2) is 3.43. The minimum Gasteiger partial charge on any atom is -0.204 e. The van der Waals surface area contributed by atoms with E-state index in [9.17, 15) is 13.2 Å². The summed E-state index contributed by atoms with van der Waals surface area (Å²) >= 11 is 0. The largest absolute Gasteiger partial charge is 0.204 e. The van der Waals surface area contributed by atoms with E-state index in [1.54, 1.807) is 0 Å². The molecule has 0 unspecified atom stereocenters. The Kier molecular flexibility index (Phi) is 2.53. The van der Waals surface area contributed by atoms with Crippen molar-refractivity contribution in [1.82, 2.24) is 0 Å². The molecule has 0 amide bonds. The van der Waals surface area contributed by atoms with Crippen LogP contribution in [0.25, 0.3) is 0 Å². The van der Waals surface area contributed by atoms with E-state index in [0.29, 0.717) is 12.0 Å². The van der Waals surface area contributed by atoms with Crippen molar-refractivity contribution in [2.45, 2.75) is 6.42 Å². The van der Waals surface area contributed by atoms with Crippen LogP contribution in [0.3, 0.4) is 0 Å². The Morgan fingerprint density at radius 2 is 1.67 bits per heavy atom. The third-order valence-electron chi connectivity index (χ3n) is 1.42. The van der Waals surface area contributed by atoms with Gasteiger partial charge in [0.1, 0.15) is 0 Å². The molecule has 0 atom stereocenters. The van der Waals surface area contributed by atoms with E-state index in [4.69, 9.17) is 0 Å². The molecular formula is C9H7F3. The van der Waals surface area contributed by atoms with Crippen molar-refractivity contribution in [3.8, 4) is 0 Å². The summed E-state index contributed by atoms with van der Waals surface area (Å²) in [4.78, 5) is 0. The van der Waals surface area contributed by atoms with Crippen molar-refractivity contribution in [2.24, 2.45) is 0 Å². The molecular weight excluding hydrogens is 165 g/mol. The van der Waals surface area contributed by atoms with Gasteiger partial charge < -0.3 is 0 Å². The van der Waals surface area contributed by atoms with Crippen LogP contribution in [0.15, 0.2) is 24.8 Å². The number of benzene rings is 1. The summed E-state index contributed by atoms with van der Waals surface area (Å²) in [5, 5.41) is 0. The predicted octanol–water partition coefficient (Wildman–Crippen LogP) is 2.83. The summed E-state index contributed by atoms with van der Waals surface area (Å²) in [5.41, 5.74) is 0.376. The minimum atomic E-state index is -1.43. The molecule has 0 saturated carbocycles. The van der Waals surface area contributed by atoms with Crippen LogP contribution >= 0.6 is 0 Å². The van der Waals surface area contributed by atoms with Crippen molar-refractivity contribution in [1.29, 1.82) is 0 Å². The molecule has 1 aromatic carbocycles. The smallest absolute Gasteiger partial charge is 0.194 e. The Balaban J connectivity index is 3.11. The van der Waals surface area contributed by atoms with Gasteiger partial charge in [-0.3, -0.25) is 0 Å².